The van der Waals surface area contributed by atoms with Crippen LogP contribution in [0.2, 0.25) is 0 Å². The first-order chi connectivity index (χ1) is 8.59. The molecule has 2 atom stereocenters. The van der Waals surface area contributed by atoms with Crippen LogP contribution >= 0.6 is 11.3 Å². The molecule has 0 aliphatic heterocycles. The number of benzene rings is 1. The summed E-state index contributed by atoms with van der Waals surface area (Å²) in [6.07, 6.45) is -0.404. The van der Waals surface area contributed by atoms with Crippen LogP contribution in [0, 0.1) is 0 Å². The van der Waals surface area contributed by atoms with E-state index >= 15 is 0 Å². The van der Waals surface area contributed by atoms with E-state index in [0.717, 1.165) is 5.56 Å². The van der Waals surface area contributed by atoms with E-state index in [9.17, 15) is 5.11 Å². The Bertz CT molecular complexity index is 476. The first-order valence-electron chi connectivity index (χ1n) is 6.14. The molecular formula is C15H19NOS. The van der Waals surface area contributed by atoms with E-state index in [-0.39, 0.29) is 0 Å². The summed E-state index contributed by atoms with van der Waals surface area (Å²) in [6.45, 7) is 3.99. The average molecular weight is 261 g/mol. The molecule has 2 nitrogen and oxygen atoms in total. The molecule has 96 valence electrons. The monoisotopic (exact) mass is 261 g/mol. The maximum Gasteiger partial charge on any atom is 0.0761 e. The summed E-state index contributed by atoms with van der Waals surface area (Å²) in [7, 11) is 2.10. The third-order valence-electron chi connectivity index (χ3n) is 3.32. The van der Waals surface area contributed by atoms with Crippen LogP contribution < -0.4 is 4.90 Å². The summed E-state index contributed by atoms with van der Waals surface area (Å²) in [6, 6.07) is 12.7. The van der Waals surface area contributed by atoms with Crippen LogP contribution in [0.25, 0.3) is 0 Å². The van der Waals surface area contributed by atoms with Gasteiger partial charge < -0.3 is 10.0 Å². The lowest BCUT2D eigenvalue weighted by Gasteiger charge is -2.26. The van der Waals surface area contributed by atoms with Crippen molar-refractivity contribution >= 4 is 17.0 Å². The number of anilines is 1. The van der Waals surface area contributed by atoms with Gasteiger partial charge in [-0.3, -0.25) is 0 Å². The Hall–Kier alpha value is -1.32. The highest BCUT2D eigenvalue weighted by atomic mass is 32.1. The Labute approximate surface area is 113 Å². The van der Waals surface area contributed by atoms with Gasteiger partial charge in [0.2, 0.25) is 0 Å². The Balaban J connectivity index is 2.16. The molecule has 0 amide bonds. The fourth-order valence-electron chi connectivity index (χ4n) is 1.93. The Morgan fingerprint density at radius 1 is 1.11 bits per heavy atom. The van der Waals surface area contributed by atoms with E-state index in [0.29, 0.717) is 6.04 Å². The van der Waals surface area contributed by atoms with Crippen molar-refractivity contribution in [3.05, 3.63) is 52.2 Å². The van der Waals surface area contributed by atoms with Gasteiger partial charge in [-0.1, -0.05) is 18.2 Å². The first-order valence-corrected chi connectivity index (χ1v) is 7.02. The molecule has 1 aromatic carbocycles. The van der Waals surface area contributed by atoms with Crippen molar-refractivity contribution in [1.29, 1.82) is 0 Å². The SMILES string of the molecule is CC(O)c1ccc(N(C)C(C)c2cccs2)cc1. The largest absolute Gasteiger partial charge is 0.389 e. The topological polar surface area (TPSA) is 23.5 Å². The third kappa shape index (κ3) is 2.74. The number of nitrogens with zero attached hydrogens (tertiary/aromatic N) is 1. The van der Waals surface area contributed by atoms with Crippen molar-refractivity contribution in [2.24, 2.45) is 0 Å². The molecule has 2 rings (SSSR count). The van der Waals surface area contributed by atoms with Crippen molar-refractivity contribution in [3.63, 3.8) is 0 Å². The quantitative estimate of drug-likeness (QED) is 0.899. The highest BCUT2D eigenvalue weighted by molar-refractivity contribution is 7.10. The van der Waals surface area contributed by atoms with Gasteiger partial charge in [-0.2, -0.15) is 0 Å². The lowest BCUT2D eigenvalue weighted by atomic mass is 10.1. The maximum atomic E-state index is 9.50. The highest BCUT2D eigenvalue weighted by Crippen LogP contribution is 2.28. The molecule has 1 heterocycles. The van der Waals surface area contributed by atoms with Crippen LogP contribution in [0.15, 0.2) is 41.8 Å². The Morgan fingerprint density at radius 2 is 1.78 bits per heavy atom. The Kier molecular flexibility index (Phi) is 4.04. The van der Waals surface area contributed by atoms with Gasteiger partial charge >= 0.3 is 0 Å². The minimum Gasteiger partial charge on any atom is -0.389 e. The number of hydrogen-bond acceptors (Lipinski definition) is 3. The number of rotatable bonds is 4. The molecule has 0 fully saturated rings. The van der Waals surface area contributed by atoms with Crippen LogP contribution in [0.5, 0.6) is 0 Å². The van der Waals surface area contributed by atoms with Gasteiger partial charge in [0.25, 0.3) is 0 Å². The van der Waals surface area contributed by atoms with Crippen LogP contribution in [-0.2, 0) is 0 Å². The fourth-order valence-corrected chi connectivity index (χ4v) is 2.76. The number of hydrogen-bond donors (Lipinski definition) is 1. The second-order valence-electron chi connectivity index (χ2n) is 4.57. The van der Waals surface area contributed by atoms with Crippen LogP contribution in [0.3, 0.4) is 0 Å². The van der Waals surface area contributed by atoms with Crippen molar-refractivity contribution in [2.45, 2.75) is 26.0 Å². The molecule has 0 radical (unpaired) electrons. The van der Waals surface area contributed by atoms with Crippen LogP contribution in [-0.4, -0.2) is 12.2 Å². The number of thiophene rings is 1. The van der Waals surface area contributed by atoms with Crippen molar-refractivity contribution < 1.29 is 5.11 Å². The zero-order chi connectivity index (χ0) is 13.1. The molecule has 0 saturated heterocycles. The normalized spacial score (nSPS) is 14.2. The van der Waals surface area contributed by atoms with Crippen LogP contribution in [0.4, 0.5) is 5.69 Å². The van der Waals surface area contributed by atoms with Crippen molar-refractivity contribution in [3.8, 4) is 0 Å². The molecule has 0 aliphatic carbocycles. The van der Waals surface area contributed by atoms with E-state index in [1.165, 1.54) is 10.6 Å². The maximum absolute atomic E-state index is 9.50. The van der Waals surface area contributed by atoms with Gasteiger partial charge in [0.05, 0.1) is 12.1 Å². The molecule has 2 aromatic rings. The van der Waals surface area contributed by atoms with Crippen molar-refractivity contribution in [2.75, 3.05) is 11.9 Å². The van der Waals surface area contributed by atoms with E-state index < -0.39 is 6.10 Å². The van der Waals surface area contributed by atoms with E-state index in [4.69, 9.17) is 0 Å². The standard InChI is InChI=1S/C15H19NOS/c1-11(15-5-4-10-18-15)16(3)14-8-6-13(7-9-14)12(2)17/h4-12,17H,1-3H3. The highest BCUT2D eigenvalue weighted by Gasteiger charge is 2.13. The van der Waals surface area contributed by atoms with Gasteiger partial charge in [0, 0.05) is 17.6 Å². The van der Waals surface area contributed by atoms with Crippen LogP contribution in [0.1, 0.15) is 36.4 Å². The summed E-state index contributed by atoms with van der Waals surface area (Å²) >= 11 is 1.78. The molecule has 1 aromatic heterocycles. The molecule has 1 N–H and O–H groups in total. The summed E-state index contributed by atoms with van der Waals surface area (Å²) in [5, 5.41) is 11.6. The molecule has 0 saturated carbocycles. The van der Waals surface area contributed by atoms with Gasteiger partial charge in [-0.15, -0.1) is 11.3 Å². The molecule has 3 heteroatoms. The summed E-state index contributed by atoms with van der Waals surface area (Å²) < 4.78 is 0. The molecule has 0 spiro atoms. The second-order valence-corrected chi connectivity index (χ2v) is 5.55. The van der Waals surface area contributed by atoms with E-state index in [2.05, 4.69) is 48.5 Å². The molecule has 0 aliphatic rings. The van der Waals surface area contributed by atoms with E-state index in [1.54, 1.807) is 18.3 Å². The average Bonchev–Trinajstić information content (AvgIpc) is 2.91. The molecular weight excluding hydrogens is 242 g/mol. The summed E-state index contributed by atoms with van der Waals surface area (Å²) in [5.41, 5.74) is 2.12. The lowest BCUT2D eigenvalue weighted by Crippen LogP contribution is -2.20. The zero-order valence-electron chi connectivity index (χ0n) is 11.0. The lowest BCUT2D eigenvalue weighted by molar-refractivity contribution is 0.199. The van der Waals surface area contributed by atoms with Gasteiger partial charge in [-0.05, 0) is 43.0 Å². The fraction of sp³-hybridized carbons (Fsp3) is 0.333. The molecule has 2 unspecified atom stereocenters. The van der Waals surface area contributed by atoms with Gasteiger partial charge in [0.1, 0.15) is 0 Å². The van der Waals surface area contributed by atoms with E-state index in [1.807, 2.05) is 12.1 Å². The zero-order valence-corrected chi connectivity index (χ0v) is 11.8. The predicted molar refractivity (Wildman–Crippen MR) is 78.2 cm³/mol. The summed E-state index contributed by atoms with van der Waals surface area (Å²) in [4.78, 5) is 3.61. The summed E-state index contributed by atoms with van der Waals surface area (Å²) in [5.74, 6) is 0. The third-order valence-corrected chi connectivity index (χ3v) is 4.36. The minimum absolute atomic E-state index is 0.363. The minimum atomic E-state index is -0.404. The first kappa shape index (κ1) is 13.1. The number of aliphatic hydroxyl groups is 1. The smallest absolute Gasteiger partial charge is 0.0761 e. The molecule has 18 heavy (non-hydrogen) atoms. The second kappa shape index (κ2) is 5.55. The number of aliphatic hydroxyl groups excluding tert-OH is 1. The van der Waals surface area contributed by atoms with Gasteiger partial charge in [0.15, 0.2) is 0 Å². The molecule has 0 bridgehead atoms. The predicted octanol–water partition coefficient (Wildman–Crippen LogP) is 4.00. The Morgan fingerprint density at radius 3 is 2.28 bits per heavy atom. The van der Waals surface area contributed by atoms with Crippen molar-refractivity contribution in [1.82, 2.24) is 0 Å². The van der Waals surface area contributed by atoms with Gasteiger partial charge in [-0.25, -0.2) is 0 Å².